The Hall–Kier alpha value is -1.81. The largest absolute Gasteiger partial charge is 0.463 e. The van der Waals surface area contributed by atoms with E-state index in [0.29, 0.717) is 0 Å². The smallest absolute Gasteiger partial charge is 0.303 e. The van der Waals surface area contributed by atoms with Crippen molar-refractivity contribution in [3.05, 3.63) is 0 Å². The standard InChI is InChI=1S/C14H21NO8S/c1-6(16)15-11-13(22-9(4)19)12(21-8(3)18)10(23-14(11)24)5-20-7(2)17/h10-14,24H,5H2,1-4H3,(H,15,16)/t10-,11-,12-,13-,14+/m1/s1. The molecule has 0 spiro atoms. The summed E-state index contributed by atoms with van der Waals surface area (Å²) < 4.78 is 20.9. The molecule has 0 aromatic rings. The molecule has 1 heterocycles. The van der Waals surface area contributed by atoms with E-state index in [2.05, 4.69) is 17.9 Å². The number of ether oxygens (including phenoxy) is 4. The van der Waals surface area contributed by atoms with E-state index in [1.165, 1.54) is 27.7 Å². The third-order valence-corrected chi connectivity index (χ3v) is 3.53. The SMILES string of the molecule is CC(=O)N[C@@H]1[C@@H](OC(C)=O)[C@H](OC(C)=O)[C@@H](COC(C)=O)O[C@H]1S. The molecule has 24 heavy (non-hydrogen) atoms. The lowest BCUT2D eigenvalue weighted by molar-refractivity contribution is -0.211. The number of hydrogen-bond acceptors (Lipinski definition) is 9. The first kappa shape index (κ1) is 20.2. The fourth-order valence-corrected chi connectivity index (χ4v) is 2.71. The molecule has 1 amide bonds. The second-order valence-corrected chi connectivity index (χ2v) is 5.75. The minimum absolute atomic E-state index is 0.227. The van der Waals surface area contributed by atoms with Gasteiger partial charge in [-0.05, 0) is 0 Å². The zero-order chi connectivity index (χ0) is 18.4. The summed E-state index contributed by atoms with van der Waals surface area (Å²) in [6, 6.07) is -0.854. The van der Waals surface area contributed by atoms with Crippen LogP contribution >= 0.6 is 12.6 Å². The van der Waals surface area contributed by atoms with Gasteiger partial charge in [0.2, 0.25) is 5.91 Å². The summed E-state index contributed by atoms with van der Waals surface area (Å²) in [5.41, 5.74) is -0.870. The van der Waals surface area contributed by atoms with Crippen molar-refractivity contribution in [1.82, 2.24) is 5.32 Å². The Kier molecular flexibility index (Phi) is 7.49. The first-order valence-corrected chi connectivity index (χ1v) is 7.72. The maximum atomic E-state index is 11.4. The normalized spacial score (nSPS) is 29.3. The lowest BCUT2D eigenvalue weighted by Gasteiger charge is -2.43. The molecule has 9 nitrogen and oxygen atoms in total. The van der Waals surface area contributed by atoms with Gasteiger partial charge in [0, 0.05) is 27.7 Å². The van der Waals surface area contributed by atoms with Crippen LogP contribution in [-0.4, -0.2) is 60.2 Å². The van der Waals surface area contributed by atoms with Gasteiger partial charge in [0.1, 0.15) is 24.2 Å². The van der Waals surface area contributed by atoms with Crippen LogP contribution in [0.3, 0.4) is 0 Å². The molecule has 0 unspecified atom stereocenters. The van der Waals surface area contributed by atoms with Gasteiger partial charge in [-0.1, -0.05) is 0 Å². The summed E-state index contributed by atoms with van der Waals surface area (Å²) in [5.74, 6) is -2.24. The molecule has 0 aliphatic carbocycles. The molecule has 1 fully saturated rings. The number of rotatable bonds is 5. The second-order valence-electron chi connectivity index (χ2n) is 5.24. The number of thiol groups is 1. The third-order valence-electron chi connectivity index (χ3n) is 3.09. The van der Waals surface area contributed by atoms with E-state index in [0.717, 1.165) is 0 Å². The second kappa shape index (κ2) is 8.88. The van der Waals surface area contributed by atoms with Crippen LogP contribution in [0.15, 0.2) is 0 Å². The van der Waals surface area contributed by atoms with Crippen LogP contribution in [0.25, 0.3) is 0 Å². The van der Waals surface area contributed by atoms with Gasteiger partial charge in [-0.25, -0.2) is 0 Å². The molecule has 10 heteroatoms. The number of esters is 3. The first-order chi connectivity index (χ1) is 11.1. The van der Waals surface area contributed by atoms with E-state index < -0.39 is 53.6 Å². The Balaban J connectivity index is 3.11. The molecular weight excluding hydrogens is 342 g/mol. The fraction of sp³-hybridized carbons (Fsp3) is 0.714. The van der Waals surface area contributed by atoms with Gasteiger partial charge in [0.25, 0.3) is 0 Å². The van der Waals surface area contributed by atoms with Crippen LogP contribution in [0.4, 0.5) is 0 Å². The third kappa shape index (κ3) is 6.00. The maximum Gasteiger partial charge on any atom is 0.303 e. The van der Waals surface area contributed by atoms with Crippen LogP contribution in [0.5, 0.6) is 0 Å². The van der Waals surface area contributed by atoms with Crippen LogP contribution in [0.2, 0.25) is 0 Å². The van der Waals surface area contributed by atoms with Gasteiger partial charge < -0.3 is 24.3 Å². The molecule has 1 aliphatic rings. The first-order valence-electron chi connectivity index (χ1n) is 7.20. The molecule has 1 N–H and O–H groups in total. The van der Waals surface area contributed by atoms with Crippen molar-refractivity contribution in [2.45, 2.75) is 57.5 Å². The monoisotopic (exact) mass is 363 g/mol. The molecule has 136 valence electrons. The Morgan fingerprint density at radius 2 is 1.50 bits per heavy atom. The van der Waals surface area contributed by atoms with Crippen molar-refractivity contribution in [1.29, 1.82) is 0 Å². The van der Waals surface area contributed by atoms with Crippen molar-refractivity contribution in [2.24, 2.45) is 0 Å². The predicted molar refractivity (Wildman–Crippen MR) is 83.0 cm³/mol. The predicted octanol–water partition coefficient (Wildman–Crippen LogP) is -0.428. The van der Waals surface area contributed by atoms with Crippen molar-refractivity contribution >= 4 is 36.4 Å². The van der Waals surface area contributed by atoms with Gasteiger partial charge in [0.05, 0.1) is 0 Å². The van der Waals surface area contributed by atoms with E-state index in [9.17, 15) is 19.2 Å². The van der Waals surface area contributed by atoms with E-state index in [1.54, 1.807) is 0 Å². The minimum Gasteiger partial charge on any atom is -0.463 e. The van der Waals surface area contributed by atoms with E-state index >= 15 is 0 Å². The van der Waals surface area contributed by atoms with Crippen molar-refractivity contribution < 1.29 is 38.1 Å². The Morgan fingerprint density at radius 3 is 1.96 bits per heavy atom. The number of hydrogen-bond donors (Lipinski definition) is 2. The Bertz CT molecular complexity index is 511. The number of nitrogens with one attached hydrogen (secondary N) is 1. The zero-order valence-corrected chi connectivity index (χ0v) is 14.7. The van der Waals surface area contributed by atoms with Gasteiger partial charge in [-0.15, -0.1) is 12.6 Å². The molecule has 0 saturated carbocycles. The lowest BCUT2D eigenvalue weighted by Crippen LogP contribution is -2.64. The summed E-state index contributed by atoms with van der Waals surface area (Å²) in [7, 11) is 0. The number of carbonyl (C=O) groups is 4. The molecule has 1 saturated heterocycles. The Labute approximate surface area is 144 Å². The van der Waals surface area contributed by atoms with E-state index in [1.807, 2.05) is 0 Å². The van der Waals surface area contributed by atoms with Gasteiger partial charge in [0.15, 0.2) is 12.2 Å². The zero-order valence-electron chi connectivity index (χ0n) is 13.8. The summed E-state index contributed by atoms with van der Waals surface area (Å²) >= 11 is 4.24. The van der Waals surface area contributed by atoms with Gasteiger partial charge in [-0.3, -0.25) is 19.2 Å². The summed E-state index contributed by atoms with van der Waals surface area (Å²) in [6.07, 6.45) is -3.03. The summed E-state index contributed by atoms with van der Waals surface area (Å²) in [5, 5.41) is 2.56. The molecule has 0 bridgehead atoms. The lowest BCUT2D eigenvalue weighted by atomic mass is 9.97. The Morgan fingerprint density at radius 1 is 0.958 bits per heavy atom. The molecule has 0 aromatic heterocycles. The molecular formula is C14H21NO8S. The number of carbonyl (C=O) groups excluding carboxylic acids is 4. The average Bonchev–Trinajstić information content (AvgIpc) is 2.42. The van der Waals surface area contributed by atoms with Crippen molar-refractivity contribution in [2.75, 3.05) is 6.61 Å². The van der Waals surface area contributed by atoms with Gasteiger partial charge >= 0.3 is 17.9 Å². The average molecular weight is 363 g/mol. The molecule has 1 aliphatic heterocycles. The highest BCUT2D eigenvalue weighted by Crippen LogP contribution is 2.28. The van der Waals surface area contributed by atoms with E-state index in [4.69, 9.17) is 18.9 Å². The molecule has 1 rings (SSSR count). The van der Waals surface area contributed by atoms with Crippen molar-refractivity contribution in [3.63, 3.8) is 0 Å². The minimum atomic E-state index is -1.08. The molecule has 0 aromatic carbocycles. The van der Waals surface area contributed by atoms with Crippen LogP contribution in [-0.2, 0) is 38.1 Å². The maximum absolute atomic E-state index is 11.4. The van der Waals surface area contributed by atoms with Crippen molar-refractivity contribution in [3.8, 4) is 0 Å². The quantitative estimate of drug-likeness (QED) is 0.384. The van der Waals surface area contributed by atoms with Crippen LogP contribution in [0, 0.1) is 0 Å². The van der Waals surface area contributed by atoms with Crippen LogP contribution in [0.1, 0.15) is 27.7 Å². The highest BCUT2D eigenvalue weighted by molar-refractivity contribution is 7.80. The van der Waals surface area contributed by atoms with Crippen LogP contribution < -0.4 is 5.32 Å². The highest BCUT2D eigenvalue weighted by Gasteiger charge is 2.49. The molecule has 5 atom stereocenters. The fourth-order valence-electron chi connectivity index (χ4n) is 2.31. The summed E-state index contributed by atoms with van der Waals surface area (Å²) in [6.45, 7) is 4.62. The molecule has 0 radical (unpaired) electrons. The van der Waals surface area contributed by atoms with Gasteiger partial charge in [-0.2, -0.15) is 0 Å². The summed E-state index contributed by atoms with van der Waals surface area (Å²) in [4.78, 5) is 45.2. The van der Waals surface area contributed by atoms with E-state index in [-0.39, 0.29) is 6.61 Å². The number of amides is 1. The highest BCUT2D eigenvalue weighted by atomic mass is 32.1. The topological polar surface area (TPSA) is 117 Å².